The number of aliphatic hydroxyl groups is 1. The summed E-state index contributed by atoms with van der Waals surface area (Å²) in [6, 6.07) is 29.3. The second-order valence-corrected chi connectivity index (χ2v) is 9.25. The van der Waals surface area contributed by atoms with E-state index in [1.807, 2.05) is 24.3 Å². The summed E-state index contributed by atoms with van der Waals surface area (Å²) in [5.41, 5.74) is 2.63. The van der Waals surface area contributed by atoms with E-state index < -0.39 is 6.10 Å². The number of hydrogen-bond donors (Lipinski definition) is 1. The zero-order chi connectivity index (χ0) is 23.9. The molecule has 6 nitrogen and oxygen atoms in total. The molecular weight excluding hydrogens is 440 g/mol. The van der Waals surface area contributed by atoms with Crippen molar-refractivity contribution in [1.29, 1.82) is 0 Å². The van der Waals surface area contributed by atoms with Crippen LogP contribution in [0.15, 0.2) is 84.9 Å². The van der Waals surface area contributed by atoms with Gasteiger partial charge in [0.05, 0.1) is 25.4 Å². The molecule has 1 saturated heterocycles. The Labute approximate surface area is 207 Å². The molecule has 3 aromatic carbocycles. The Morgan fingerprint density at radius 1 is 0.800 bits per heavy atom. The lowest BCUT2D eigenvalue weighted by Gasteiger charge is -2.40. The van der Waals surface area contributed by atoms with Gasteiger partial charge in [0, 0.05) is 32.7 Å². The van der Waals surface area contributed by atoms with Gasteiger partial charge in [-0.15, -0.1) is 0 Å². The first-order valence-electron chi connectivity index (χ1n) is 12.5. The fourth-order valence-electron chi connectivity index (χ4n) is 4.92. The average molecular weight is 475 g/mol. The molecule has 0 bridgehead atoms. The van der Waals surface area contributed by atoms with Gasteiger partial charge in [-0.1, -0.05) is 72.8 Å². The molecule has 1 fully saturated rings. The molecule has 5 rings (SSSR count). The van der Waals surface area contributed by atoms with Gasteiger partial charge in [-0.3, -0.25) is 9.80 Å². The lowest BCUT2D eigenvalue weighted by Crippen LogP contribution is -2.50. The Morgan fingerprint density at radius 2 is 1.40 bits per heavy atom. The van der Waals surface area contributed by atoms with Crippen LogP contribution in [0.2, 0.25) is 0 Å². The number of hydrogen-bond acceptors (Lipinski definition) is 6. The molecule has 0 saturated carbocycles. The van der Waals surface area contributed by atoms with Crippen molar-refractivity contribution in [2.24, 2.45) is 0 Å². The fraction of sp³-hybridized carbons (Fsp3) is 0.379. The third-order valence-corrected chi connectivity index (χ3v) is 6.65. The molecule has 6 heteroatoms. The van der Waals surface area contributed by atoms with E-state index in [1.54, 1.807) is 0 Å². The van der Waals surface area contributed by atoms with Crippen molar-refractivity contribution >= 4 is 0 Å². The largest absolute Gasteiger partial charge is 0.486 e. The first-order chi connectivity index (χ1) is 17.3. The van der Waals surface area contributed by atoms with Crippen molar-refractivity contribution in [2.45, 2.75) is 18.2 Å². The van der Waals surface area contributed by atoms with Crippen molar-refractivity contribution < 1.29 is 19.3 Å². The number of para-hydroxylation sites is 2. The molecule has 35 heavy (non-hydrogen) atoms. The minimum atomic E-state index is -0.530. The molecule has 0 aliphatic carbocycles. The molecule has 0 radical (unpaired) electrons. The molecule has 0 spiro atoms. The average Bonchev–Trinajstić information content (AvgIpc) is 2.91. The van der Waals surface area contributed by atoms with Crippen LogP contribution in [0.5, 0.6) is 11.5 Å². The summed E-state index contributed by atoms with van der Waals surface area (Å²) in [6.07, 6.45) is -0.689. The van der Waals surface area contributed by atoms with Crippen LogP contribution >= 0.6 is 0 Å². The minimum Gasteiger partial charge on any atom is -0.486 e. The number of ether oxygens (including phenoxy) is 3. The Kier molecular flexibility index (Phi) is 7.96. The predicted octanol–water partition coefficient (Wildman–Crippen LogP) is 3.61. The van der Waals surface area contributed by atoms with E-state index >= 15 is 0 Å². The van der Waals surface area contributed by atoms with E-state index in [1.165, 1.54) is 11.1 Å². The van der Waals surface area contributed by atoms with Crippen LogP contribution in [0.25, 0.3) is 0 Å². The molecule has 2 aliphatic heterocycles. The second kappa shape index (κ2) is 11.7. The summed E-state index contributed by atoms with van der Waals surface area (Å²) in [6.45, 7) is 5.50. The third kappa shape index (κ3) is 6.21. The highest BCUT2D eigenvalue weighted by Crippen LogP contribution is 2.31. The van der Waals surface area contributed by atoms with E-state index in [0.717, 1.165) is 37.7 Å². The number of rotatable bonds is 9. The smallest absolute Gasteiger partial charge is 0.161 e. The molecule has 2 heterocycles. The van der Waals surface area contributed by atoms with Gasteiger partial charge >= 0.3 is 0 Å². The second-order valence-electron chi connectivity index (χ2n) is 9.25. The summed E-state index contributed by atoms with van der Waals surface area (Å²) >= 11 is 0. The Hall–Kier alpha value is -2.90. The number of aliphatic hydroxyl groups excluding tert-OH is 1. The van der Waals surface area contributed by atoms with E-state index in [0.29, 0.717) is 26.4 Å². The van der Waals surface area contributed by atoms with E-state index in [-0.39, 0.29) is 12.1 Å². The first kappa shape index (κ1) is 23.8. The zero-order valence-corrected chi connectivity index (χ0v) is 20.0. The highest BCUT2D eigenvalue weighted by molar-refractivity contribution is 5.40. The third-order valence-electron chi connectivity index (χ3n) is 6.65. The monoisotopic (exact) mass is 474 g/mol. The van der Waals surface area contributed by atoms with Crippen molar-refractivity contribution in [3.8, 4) is 11.5 Å². The molecule has 2 unspecified atom stereocenters. The number of nitrogens with zero attached hydrogens (tertiary/aromatic N) is 2. The highest BCUT2D eigenvalue weighted by Gasteiger charge is 2.27. The van der Waals surface area contributed by atoms with Gasteiger partial charge in [-0.25, -0.2) is 0 Å². The Morgan fingerprint density at radius 3 is 2.06 bits per heavy atom. The molecule has 3 aromatic rings. The lowest BCUT2D eigenvalue weighted by atomic mass is 9.96. The van der Waals surface area contributed by atoms with Crippen molar-refractivity contribution in [3.63, 3.8) is 0 Å². The van der Waals surface area contributed by atoms with E-state index in [2.05, 4.69) is 70.5 Å². The zero-order valence-electron chi connectivity index (χ0n) is 20.0. The molecular formula is C29H34N2O4. The topological polar surface area (TPSA) is 54.4 Å². The molecule has 1 N–H and O–H groups in total. The van der Waals surface area contributed by atoms with Gasteiger partial charge in [0.25, 0.3) is 0 Å². The van der Waals surface area contributed by atoms with Gasteiger partial charge in [0.2, 0.25) is 0 Å². The summed E-state index contributed by atoms with van der Waals surface area (Å²) < 4.78 is 17.4. The summed E-state index contributed by atoms with van der Waals surface area (Å²) in [5.74, 6) is 1.51. The van der Waals surface area contributed by atoms with Gasteiger partial charge in [-0.2, -0.15) is 0 Å². The Balaban J connectivity index is 1.08. The molecule has 2 atom stereocenters. The Bertz CT molecular complexity index is 1000. The predicted molar refractivity (Wildman–Crippen MR) is 136 cm³/mol. The number of piperazine rings is 1. The van der Waals surface area contributed by atoms with Crippen molar-refractivity contribution in [1.82, 2.24) is 9.80 Å². The normalized spacial score (nSPS) is 19.5. The van der Waals surface area contributed by atoms with Crippen LogP contribution in [0.1, 0.15) is 17.2 Å². The molecule has 0 aromatic heterocycles. The first-order valence-corrected chi connectivity index (χ1v) is 12.5. The number of β-amino-alcohol motifs (C(OH)–C–C–N with tert-alkyl or cyclic N) is 1. The molecule has 0 amide bonds. The molecule has 2 aliphatic rings. The molecule has 184 valence electrons. The van der Waals surface area contributed by atoms with Crippen LogP contribution in [0, 0.1) is 0 Å². The maximum atomic E-state index is 10.6. The van der Waals surface area contributed by atoms with Crippen molar-refractivity contribution in [3.05, 3.63) is 96.1 Å². The summed E-state index contributed by atoms with van der Waals surface area (Å²) in [4.78, 5) is 4.87. The van der Waals surface area contributed by atoms with Crippen LogP contribution in [0.4, 0.5) is 0 Å². The lowest BCUT2D eigenvalue weighted by molar-refractivity contribution is -0.0327. The number of fused-ring (bicyclic) bond motifs is 1. The SMILES string of the molecule is OC(COCC1COc2ccccc2O1)CN1CCN(C(c2ccccc2)c2ccccc2)CC1. The van der Waals surface area contributed by atoms with Crippen molar-refractivity contribution in [2.75, 3.05) is 52.5 Å². The van der Waals surface area contributed by atoms with Crippen LogP contribution in [0.3, 0.4) is 0 Å². The minimum absolute atomic E-state index is 0.159. The quantitative estimate of drug-likeness (QED) is 0.511. The number of benzene rings is 3. The van der Waals surface area contributed by atoms with Crippen LogP contribution < -0.4 is 9.47 Å². The van der Waals surface area contributed by atoms with Crippen LogP contribution in [-0.2, 0) is 4.74 Å². The van der Waals surface area contributed by atoms with E-state index in [9.17, 15) is 5.11 Å². The maximum Gasteiger partial charge on any atom is 0.161 e. The van der Waals surface area contributed by atoms with Gasteiger partial charge in [-0.05, 0) is 23.3 Å². The fourth-order valence-corrected chi connectivity index (χ4v) is 4.92. The van der Waals surface area contributed by atoms with Gasteiger partial charge < -0.3 is 19.3 Å². The van der Waals surface area contributed by atoms with Crippen LogP contribution in [-0.4, -0.2) is 79.7 Å². The van der Waals surface area contributed by atoms with E-state index in [4.69, 9.17) is 14.2 Å². The standard InChI is InChI=1S/C29H34N2O4/c32-25(20-33-21-26-22-34-27-13-7-8-14-28(27)35-26)19-30-15-17-31(18-16-30)29(23-9-3-1-4-10-23)24-11-5-2-6-12-24/h1-14,25-26,29,32H,15-22H2. The maximum absolute atomic E-state index is 10.6. The summed E-state index contributed by atoms with van der Waals surface area (Å²) in [5, 5.41) is 10.6. The highest BCUT2D eigenvalue weighted by atomic mass is 16.6. The van der Waals surface area contributed by atoms with Gasteiger partial charge in [0.15, 0.2) is 17.6 Å². The summed E-state index contributed by atoms with van der Waals surface area (Å²) in [7, 11) is 0. The van der Waals surface area contributed by atoms with Gasteiger partial charge in [0.1, 0.15) is 6.61 Å².